The summed E-state index contributed by atoms with van der Waals surface area (Å²) in [5.41, 5.74) is 7.81. The van der Waals surface area contributed by atoms with E-state index in [0.29, 0.717) is 17.2 Å². The zero-order chi connectivity index (χ0) is 12.4. The number of rotatable bonds is 3. The van der Waals surface area contributed by atoms with E-state index in [0.717, 1.165) is 17.0 Å². The summed E-state index contributed by atoms with van der Waals surface area (Å²) in [4.78, 5) is 3.09. The first-order chi connectivity index (χ1) is 8.13. The van der Waals surface area contributed by atoms with Crippen molar-refractivity contribution in [3.63, 3.8) is 0 Å². The summed E-state index contributed by atoms with van der Waals surface area (Å²) in [6.45, 7) is 2.62. The number of hydrogen-bond donors (Lipinski definition) is 2. The van der Waals surface area contributed by atoms with Crippen LogP contribution in [0.15, 0.2) is 24.3 Å². The van der Waals surface area contributed by atoms with Crippen molar-refractivity contribution in [2.75, 3.05) is 12.3 Å². The van der Waals surface area contributed by atoms with Gasteiger partial charge < -0.3 is 20.0 Å². The smallest absolute Gasteiger partial charge is 0.178 e. The first-order valence-electron chi connectivity index (χ1n) is 5.41. The minimum Gasteiger partial charge on any atom is -0.494 e. The molecule has 0 aliphatic rings. The molecule has 0 amide bonds. The van der Waals surface area contributed by atoms with Crippen LogP contribution in [0.2, 0.25) is 0 Å². The van der Waals surface area contributed by atoms with Gasteiger partial charge in [-0.2, -0.15) is 0 Å². The number of nitrogens with one attached hydrogen (secondary N) is 1. The van der Waals surface area contributed by atoms with E-state index in [1.54, 1.807) is 4.57 Å². The van der Waals surface area contributed by atoms with Gasteiger partial charge in [-0.15, -0.1) is 0 Å². The minimum atomic E-state index is 0.617. The van der Waals surface area contributed by atoms with E-state index in [1.165, 1.54) is 0 Å². The topological polar surface area (TPSA) is 56.0 Å². The van der Waals surface area contributed by atoms with Gasteiger partial charge in [0.2, 0.25) is 0 Å². The van der Waals surface area contributed by atoms with Crippen LogP contribution in [-0.4, -0.2) is 16.2 Å². The fraction of sp³-hybridized carbons (Fsp3) is 0.250. The van der Waals surface area contributed by atoms with Crippen molar-refractivity contribution in [1.29, 1.82) is 0 Å². The summed E-state index contributed by atoms with van der Waals surface area (Å²) >= 11 is 5.13. The third-order valence-corrected chi connectivity index (χ3v) is 2.98. The van der Waals surface area contributed by atoms with Crippen LogP contribution in [0.1, 0.15) is 6.92 Å². The zero-order valence-corrected chi connectivity index (χ0v) is 10.7. The van der Waals surface area contributed by atoms with Crippen molar-refractivity contribution in [1.82, 2.24) is 9.55 Å². The van der Waals surface area contributed by atoms with Crippen molar-refractivity contribution in [3.8, 4) is 17.0 Å². The zero-order valence-electron chi connectivity index (χ0n) is 9.86. The van der Waals surface area contributed by atoms with Crippen LogP contribution in [0.4, 0.5) is 5.82 Å². The Bertz CT molecular complexity index is 568. The van der Waals surface area contributed by atoms with E-state index in [4.69, 9.17) is 22.7 Å². The molecule has 4 nitrogen and oxygen atoms in total. The molecule has 0 aliphatic heterocycles. The lowest BCUT2D eigenvalue weighted by Crippen LogP contribution is -1.96. The summed E-state index contributed by atoms with van der Waals surface area (Å²) in [5.74, 6) is 1.49. The summed E-state index contributed by atoms with van der Waals surface area (Å²) in [6.07, 6.45) is 0. The molecule has 1 aromatic heterocycles. The number of nitrogens with two attached hydrogens (primary N) is 1. The van der Waals surface area contributed by atoms with Crippen molar-refractivity contribution >= 4 is 18.0 Å². The van der Waals surface area contributed by atoms with Crippen LogP contribution < -0.4 is 10.5 Å². The number of H-pyrrole nitrogens is 1. The highest BCUT2D eigenvalue weighted by Gasteiger charge is 2.08. The van der Waals surface area contributed by atoms with Gasteiger partial charge in [-0.05, 0) is 43.4 Å². The monoisotopic (exact) mass is 249 g/mol. The molecular weight excluding hydrogens is 234 g/mol. The molecule has 2 aromatic rings. The molecule has 5 heteroatoms. The minimum absolute atomic E-state index is 0.617. The molecule has 0 saturated carbocycles. The maximum atomic E-state index is 5.97. The van der Waals surface area contributed by atoms with Crippen LogP contribution in [0, 0.1) is 4.77 Å². The SMILES string of the molecule is CCOc1ccc(-c2[nH]c(=S)n(C)c2N)cc1. The van der Waals surface area contributed by atoms with Crippen LogP contribution >= 0.6 is 12.2 Å². The maximum absolute atomic E-state index is 5.97. The van der Waals surface area contributed by atoms with Gasteiger partial charge in [-0.3, -0.25) is 0 Å². The molecule has 0 bridgehead atoms. The molecule has 1 heterocycles. The third kappa shape index (κ3) is 2.19. The molecule has 0 fully saturated rings. The van der Waals surface area contributed by atoms with Crippen LogP contribution in [0.25, 0.3) is 11.3 Å². The molecule has 0 aliphatic carbocycles. The lowest BCUT2D eigenvalue weighted by molar-refractivity contribution is 0.340. The predicted octanol–water partition coefficient (Wildman–Crippen LogP) is 2.73. The number of imidazole rings is 1. The molecule has 90 valence electrons. The quantitative estimate of drug-likeness (QED) is 0.822. The van der Waals surface area contributed by atoms with Gasteiger partial charge in [-0.25, -0.2) is 0 Å². The van der Waals surface area contributed by atoms with Gasteiger partial charge in [0.25, 0.3) is 0 Å². The lowest BCUT2D eigenvalue weighted by atomic mass is 10.1. The number of nitrogen functional groups attached to an aromatic ring is 1. The Morgan fingerprint density at radius 1 is 1.35 bits per heavy atom. The second kappa shape index (κ2) is 4.63. The van der Waals surface area contributed by atoms with Crippen molar-refractivity contribution in [3.05, 3.63) is 29.0 Å². The molecule has 3 N–H and O–H groups in total. The van der Waals surface area contributed by atoms with Gasteiger partial charge in [0.15, 0.2) is 4.77 Å². The molecule has 2 rings (SSSR count). The van der Waals surface area contributed by atoms with Gasteiger partial charge in [0, 0.05) is 12.6 Å². The fourth-order valence-electron chi connectivity index (χ4n) is 1.64. The number of nitrogens with zero attached hydrogens (tertiary/aromatic N) is 1. The lowest BCUT2D eigenvalue weighted by Gasteiger charge is -2.04. The highest BCUT2D eigenvalue weighted by atomic mass is 32.1. The Morgan fingerprint density at radius 3 is 2.47 bits per heavy atom. The highest BCUT2D eigenvalue weighted by molar-refractivity contribution is 7.71. The van der Waals surface area contributed by atoms with Gasteiger partial charge in [0.05, 0.1) is 12.3 Å². The number of aromatic nitrogens is 2. The van der Waals surface area contributed by atoms with Crippen molar-refractivity contribution in [2.24, 2.45) is 7.05 Å². The third-order valence-electron chi connectivity index (χ3n) is 2.61. The molecule has 0 unspecified atom stereocenters. The fourth-order valence-corrected chi connectivity index (χ4v) is 1.84. The van der Waals surface area contributed by atoms with Crippen molar-refractivity contribution in [2.45, 2.75) is 6.92 Å². The number of hydrogen-bond acceptors (Lipinski definition) is 3. The molecule has 0 spiro atoms. The molecule has 0 radical (unpaired) electrons. The Kier molecular flexibility index (Phi) is 3.19. The number of anilines is 1. The average Bonchev–Trinajstić information content (AvgIpc) is 2.59. The van der Waals surface area contributed by atoms with Crippen LogP contribution in [-0.2, 0) is 7.05 Å². The van der Waals surface area contributed by atoms with Crippen LogP contribution in [0.5, 0.6) is 5.75 Å². The Hall–Kier alpha value is -1.75. The van der Waals surface area contributed by atoms with E-state index in [9.17, 15) is 0 Å². The Balaban J connectivity index is 2.40. The second-order valence-corrected chi connectivity index (χ2v) is 4.09. The van der Waals surface area contributed by atoms with E-state index in [-0.39, 0.29) is 0 Å². The average molecular weight is 249 g/mol. The predicted molar refractivity (Wildman–Crippen MR) is 71.6 cm³/mol. The first kappa shape index (κ1) is 11.7. The Morgan fingerprint density at radius 2 is 2.00 bits per heavy atom. The van der Waals surface area contributed by atoms with E-state index < -0.39 is 0 Å². The Labute approximate surface area is 105 Å². The maximum Gasteiger partial charge on any atom is 0.178 e. The number of aromatic amines is 1. The molecular formula is C12H15N3OS. The second-order valence-electron chi connectivity index (χ2n) is 3.71. The summed E-state index contributed by atoms with van der Waals surface area (Å²) in [7, 11) is 1.84. The summed E-state index contributed by atoms with van der Waals surface area (Å²) < 4.78 is 7.76. The molecule has 0 saturated heterocycles. The molecule has 1 aromatic carbocycles. The molecule has 17 heavy (non-hydrogen) atoms. The largest absolute Gasteiger partial charge is 0.494 e. The highest BCUT2D eigenvalue weighted by Crippen LogP contribution is 2.26. The molecule has 0 atom stereocenters. The van der Waals surface area contributed by atoms with Gasteiger partial charge in [-0.1, -0.05) is 0 Å². The van der Waals surface area contributed by atoms with Crippen molar-refractivity contribution < 1.29 is 4.74 Å². The standard InChI is InChI=1S/C12H15N3OS/c1-3-16-9-6-4-8(5-7-9)10-11(13)15(2)12(17)14-10/h4-7H,3,13H2,1-2H3,(H,14,17). The van der Waals surface area contributed by atoms with Gasteiger partial charge >= 0.3 is 0 Å². The normalized spacial score (nSPS) is 10.5. The first-order valence-corrected chi connectivity index (χ1v) is 5.82. The van der Waals surface area contributed by atoms with Crippen LogP contribution in [0.3, 0.4) is 0 Å². The van der Waals surface area contributed by atoms with E-state index in [1.807, 2.05) is 38.2 Å². The summed E-state index contributed by atoms with van der Waals surface area (Å²) in [5, 5.41) is 0. The van der Waals surface area contributed by atoms with E-state index in [2.05, 4.69) is 4.98 Å². The summed E-state index contributed by atoms with van der Waals surface area (Å²) in [6, 6.07) is 7.76. The van der Waals surface area contributed by atoms with Gasteiger partial charge in [0.1, 0.15) is 11.6 Å². The number of benzene rings is 1. The number of ether oxygens (including phenoxy) is 1. The van der Waals surface area contributed by atoms with E-state index >= 15 is 0 Å².